The van der Waals surface area contributed by atoms with E-state index < -0.39 is 0 Å². The minimum absolute atomic E-state index is 0.0528. The van der Waals surface area contributed by atoms with Crippen molar-refractivity contribution in [3.8, 4) is 6.07 Å². The molecule has 0 radical (unpaired) electrons. The molecule has 0 aliphatic carbocycles. The third kappa shape index (κ3) is 4.36. The molecule has 0 saturated carbocycles. The lowest BCUT2D eigenvalue weighted by molar-refractivity contribution is -0.134. The van der Waals surface area contributed by atoms with Gasteiger partial charge in [0.1, 0.15) is 6.04 Å². The zero-order valence-corrected chi connectivity index (χ0v) is 15.3. The van der Waals surface area contributed by atoms with E-state index in [0.717, 1.165) is 13.1 Å². The van der Waals surface area contributed by atoms with E-state index >= 15 is 0 Å². The van der Waals surface area contributed by atoms with E-state index in [9.17, 15) is 10.1 Å². The molecule has 0 bridgehead atoms. The van der Waals surface area contributed by atoms with E-state index in [2.05, 4.69) is 50.8 Å². The highest BCUT2D eigenvalue weighted by molar-refractivity contribution is 5.78. The molecule has 2 rings (SSSR count). The zero-order chi connectivity index (χ0) is 17.7. The molecule has 1 aliphatic heterocycles. The number of hydrogen-bond donors (Lipinski definition) is 0. The van der Waals surface area contributed by atoms with Gasteiger partial charge in [-0.25, -0.2) is 0 Å². The van der Waals surface area contributed by atoms with E-state index in [1.54, 1.807) is 0 Å². The summed E-state index contributed by atoms with van der Waals surface area (Å²) in [6, 6.07) is 12.6. The molecule has 1 aromatic rings. The van der Waals surface area contributed by atoms with Gasteiger partial charge in [0.05, 0.1) is 6.07 Å². The van der Waals surface area contributed by atoms with Crippen LogP contribution >= 0.6 is 0 Å². The number of carbonyl (C=O) groups excluding carboxylic acids is 1. The Hall–Kier alpha value is -1.86. The number of nitriles is 1. The van der Waals surface area contributed by atoms with Crippen molar-refractivity contribution in [2.75, 3.05) is 26.2 Å². The summed E-state index contributed by atoms with van der Waals surface area (Å²) in [5.74, 6) is 0.524. The van der Waals surface area contributed by atoms with Crippen molar-refractivity contribution in [2.24, 2.45) is 5.92 Å². The number of rotatable bonds is 5. The number of piperazine rings is 1. The Morgan fingerprint density at radius 1 is 1.17 bits per heavy atom. The van der Waals surface area contributed by atoms with Gasteiger partial charge in [-0.15, -0.1) is 0 Å². The summed E-state index contributed by atoms with van der Waals surface area (Å²) < 4.78 is 0. The normalized spacial score (nSPS) is 17.6. The molecule has 4 heteroatoms. The molecule has 1 amide bonds. The number of amides is 1. The van der Waals surface area contributed by atoms with E-state index in [-0.39, 0.29) is 17.4 Å². The highest BCUT2D eigenvalue weighted by atomic mass is 16.2. The van der Waals surface area contributed by atoms with Crippen LogP contribution in [0.5, 0.6) is 0 Å². The van der Waals surface area contributed by atoms with Crippen LogP contribution in [-0.2, 0) is 10.2 Å². The van der Waals surface area contributed by atoms with Crippen LogP contribution in [-0.4, -0.2) is 47.9 Å². The Kier molecular flexibility index (Phi) is 6.01. The topological polar surface area (TPSA) is 47.3 Å². The summed E-state index contributed by atoms with van der Waals surface area (Å²) in [7, 11) is 0. The van der Waals surface area contributed by atoms with Crippen molar-refractivity contribution < 1.29 is 4.79 Å². The first-order valence-corrected chi connectivity index (χ1v) is 8.82. The predicted molar refractivity (Wildman–Crippen MR) is 96.5 cm³/mol. The molecule has 0 aromatic heterocycles. The maximum Gasteiger partial charge on any atom is 0.223 e. The van der Waals surface area contributed by atoms with E-state index in [1.165, 1.54) is 5.56 Å². The van der Waals surface area contributed by atoms with Crippen LogP contribution in [0.1, 0.15) is 39.7 Å². The highest BCUT2D eigenvalue weighted by Crippen LogP contribution is 2.28. The molecule has 0 spiro atoms. The van der Waals surface area contributed by atoms with Crippen LogP contribution < -0.4 is 0 Å². The standard InChI is InChI=1S/C20H29N3O/c1-16(2)18(15-21)22-10-12-23(13-11-22)19(24)14-20(3,4)17-8-6-5-7-9-17/h5-9,16,18H,10-14H2,1-4H3/t18-/m1/s1. The molecule has 1 atom stereocenters. The van der Waals surface area contributed by atoms with Gasteiger partial charge in [-0.05, 0) is 16.9 Å². The SMILES string of the molecule is CC(C)[C@@H](C#N)N1CCN(C(=O)CC(C)(C)c2ccccc2)CC1. The summed E-state index contributed by atoms with van der Waals surface area (Å²) in [4.78, 5) is 16.9. The van der Waals surface area contributed by atoms with Gasteiger partial charge in [0.2, 0.25) is 5.91 Å². The molecule has 1 aliphatic rings. The summed E-state index contributed by atoms with van der Waals surface area (Å²) in [5, 5.41) is 9.33. The van der Waals surface area contributed by atoms with Crippen LogP contribution in [0.25, 0.3) is 0 Å². The Balaban J connectivity index is 1.93. The molecule has 0 unspecified atom stereocenters. The second kappa shape index (κ2) is 7.81. The minimum Gasteiger partial charge on any atom is -0.340 e. The van der Waals surface area contributed by atoms with E-state index in [1.807, 2.05) is 23.1 Å². The van der Waals surface area contributed by atoms with E-state index in [0.29, 0.717) is 25.4 Å². The molecular formula is C20H29N3O. The number of nitrogens with zero attached hydrogens (tertiary/aromatic N) is 3. The predicted octanol–water partition coefficient (Wildman–Crippen LogP) is 3.05. The van der Waals surface area contributed by atoms with Gasteiger partial charge >= 0.3 is 0 Å². The monoisotopic (exact) mass is 327 g/mol. The number of carbonyl (C=O) groups is 1. The molecule has 1 fully saturated rings. The van der Waals surface area contributed by atoms with Gasteiger partial charge in [-0.2, -0.15) is 5.26 Å². The minimum atomic E-state index is -0.164. The van der Waals surface area contributed by atoms with Crippen molar-refractivity contribution in [3.63, 3.8) is 0 Å². The van der Waals surface area contributed by atoms with Crippen LogP contribution in [0.4, 0.5) is 0 Å². The molecule has 24 heavy (non-hydrogen) atoms. The van der Waals surface area contributed by atoms with E-state index in [4.69, 9.17) is 0 Å². The lowest BCUT2D eigenvalue weighted by atomic mass is 9.81. The van der Waals surface area contributed by atoms with Gasteiger partial charge in [-0.1, -0.05) is 58.0 Å². The fourth-order valence-corrected chi connectivity index (χ4v) is 3.38. The molecule has 4 nitrogen and oxygen atoms in total. The van der Waals surface area contributed by atoms with Crippen molar-refractivity contribution >= 4 is 5.91 Å². The fourth-order valence-electron chi connectivity index (χ4n) is 3.38. The lowest BCUT2D eigenvalue weighted by Crippen LogP contribution is -2.53. The molecular weight excluding hydrogens is 298 g/mol. The van der Waals surface area contributed by atoms with Gasteiger partial charge in [0.25, 0.3) is 0 Å². The lowest BCUT2D eigenvalue weighted by Gasteiger charge is -2.39. The summed E-state index contributed by atoms with van der Waals surface area (Å²) in [6.07, 6.45) is 0.517. The Morgan fingerprint density at radius 3 is 2.25 bits per heavy atom. The third-order valence-electron chi connectivity index (χ3n) is 4.97. The first-order chi connectivity index (χ1) is 11.3. The smallest absolute Gasteiger partial charge is 0.223 e. The summed E-state index contributed by atoms with van der Waals surface area (Å²) in [6.45, 7) is 11.4. The zero-order valence-electron chi connectivity index (χ0n) is 15.3. The van der Waals surface area contributed by atoms with Crippen molar-refractivity contribution in [3.05, 3.63) is 35.9 Å². The molecule has 1 aromatic carbocycles. The average molecular weight is 327 g/mol. The summed E-state index contributed by atoms with van der Waals surface area (Å²) in [5.41, 5.74) is 1.03. The van der Waals surface area contributed by atoms with Gasteiger partial charge in [-0.3, -0.25) is 9.69 Å². The van der Waals surface area contributed by atoms with Crippen molar-refractivity contribution in [2.45, 2.75) is 45.6 Å². The van der Waals surface area contributed by atoms with Gasteiger partial charge < -0.3 is 4.90 Å². The van der Waals surface area contributed by atoms with Crippen molar-refractivity contribution in [1.82, 2.24) is 9.80 Å². The Labute approximate surface area is 146 Å². The molecule has 1 heterocycles. The second-order valence-corrected chi connectivity index (χ2v) is 7.66. The first kappa shape index (κ1) is 18.5. The fraction of sp³-hybridized carbons (Fsp3) is 0.600. The number of benzene rings is 1. The second-order valence-electron chi connectivity index (χ2n) is 7.66. The summed E-state index contributed by atoms with van der Waals surface area (Å²) >= 11 is 0. The third-order valence-corrected chi connectivity index (χ3v) is 4.97. The van der Waals surface area contributed by atoms with Crippen LogP contribution in [0, 0.1) is 17.2 Å². The molecule has 1 saturated heterocycles. The Bertz CT molecular complexity index is 581. The van der Waals surface area contributed by atoms with Gasteiger partial charge in [0, 0.05) is 32.6 Å². The van der Waals surface area contributed by atoms with Crippen LogP contribution in [0.15, 0.2) is 30.3 Å². The number of hydrogen-bond acceptors (Lipinski definition) is 3. The quantitative estimate of drug-likeness (QED) is 0.835. The van der Waals surface area contributed by atoms with Crippen molar-refractivity contribution in [1.29, 1.82) is 5.26 Å². The van der Waals surface area contributed by atoms with Crippen LogP contribution in [0.2, 0.25) is 0 Å². The molecule has 0 N–H and O–H groups in total. The first-order valence-electron chi connectivity index (χ1n) is 8.82. The average Bonchev–Trinajstić information content (AvgIpc) is 2.56. The highest BCUT2D eigenvalue weighted by Gasteiger charge is 2.31. The maximum absolute atomic E-state index is 12.7. The Morgan fingerprint density at radius 2 is 1.75 bits per heavy atom. The maximum atomic E-state index is 12.7. The van der Waals surface area contributed by atoms with Crippen LogP contribution in [0.3, 0.4) is 0 Å². The largest absolute Gasteiger partial charge is 0.340 e. The van der Waals surface area contributed by atoms with Gasteiger partial charge in [0.15, 0.2) is 0 Å². The molecule has 130 valence electrons.